The molecule has 178 valence electrons. The molecule has 3 aromatic rings. The van der Waals surface area contributed by atoms with Gasteiger partial charge in [-0.05, 0) is 42.0 Å². The lowest BCUT2D eigenvalue weighted by atomic mass is 9.76. The Hall–Kier alpha value is -4.27. The molecule has 1 saturated heterocycles. The normalized spacial score (nSPS) is 20.1. The largest absolute Gasteiger partial charge is 0.486 e. The zero-order valence-electron chi connectivity index (χ0n) is 18.6. The third-order valence-electron chi connectivity index (χ3n) is 6.32. The first kappa shape index (κ1) is 21.3. The molecule has 1 N–H and O–H groups in total. The molecule has 1 atom stereocenters. The Labute approximate surface area is 200 Å². The van der Waals surface area contributed by atoms with Crippen molar-refractivity contribution in [1.82, 2.24) is 0 Å². The third-order valence-corrected chi connectivity index (χ3v) is 6.32. The highest BCUT2D eigenvalue weighted by molar-refractivity contribution is 6.17. The van der Waals surface area contributed by atoms with Crippen LogP contribution in [0.15, 0.2) is 60.7 Å². The number of rotatable bonds is 4. The number of amides is 2. The Morgan fingerprint density at radius 3 is 2.06 bits per heavy atom. The Balaban J connectivity index is 1.40. The van der Waals surface area contributed by atoms with Crippen LogP contribution in [0.3, 0.4) is 0 Å². The summed E-state index contributed by atoms with van der Waals surface area (Å²) in [4.78, 5) is 28.3. The van der Waals surface area contributed by atoms with Crippen molar-refractivity contribution in [3.63, 3.8) is 0 Å². The summed E-state index contributed by atoms with van der Waals surface area (Å²) in [5, 5.41) is 2.91. The van der Waals surface area contributed by atoms with E-state index < -0.39 is 17.3 Å². The number of hydrogen-bond donors (Lipinski definition) is 1. The zero-order chi connectivity index (χ0) is 24.0. The van der Waals surface area contributed by atoms with E-state index in [-0.39, 0.29) is 12.3 Å². The average molecular weight is 476 g/mol. The highest BCUT2D eigenvalue weighted by Gasteiger charge is 2.58. The van der Waals surface area contributed by atoms with Crippen LogP contribution in [0.1, 0.15) is 12.0 Å². The van der Waals surface area contributed by atoms with Crippen molar-refractivity contribution in [2.45, 2.75) is 12.0 Å². The number of anilines is 2. The summed E-state index contributed by atoms with van der Waals surface area (Å²) in [6.07, 6.45) is -0.0799. The summed E-state index contributed by atoms with van der Waals surface area (Å²) in [5.41, 5.74) is 0.0692. The summed E-state index contributed by atoms with van der Waals surface area (Å²) in [6.45, 7) is 1.69. The van der Waals surface area contributed by atoms with E-state index in [0.717, 1.165) is 0 Å². The quantitative estimate of drug-likeness (QED) is 0.579. The van der Waals surface area contributed by atoms with Crippen LogP contribution < -0.4 is 29.2 Å². The summed E-state index contributed by atoms with van der Waals surface area (Å²) >= 11 is 0. The molecule has 1 unspecified atom stereocenters. The highest BCUT2D eigenvalue weighted by Crippen LogP contribution is 2.48. The molecule has 9 heteroatoms. The minimum atomic E-state index is -1.39. The molecule has 0 bridgehead atoms. The molecule has 1 fully saturated rings. The lowest BCUT2D eigenvalue weighted by Gasteiger charge is -2.50. The van der Waals surface area contributed by atoms with E-state index in [0.29, 0.717) is 66.4 Å². The molecule has 0 radical (unpaired) electrons. The maximum atomic E-state index is 13.9. The van der Waals surface area contributed by atoms with Gasteiger partial charge in [0.05, 0.1) is 6.42 Å². The van der Waals surface area contributed by atoms with Gasteiger partial charge in [-0.15, -0.1) is 0 Å². The molecule has 0 spiro atoms. The van der Waals surface area contributed by atoms with E-state index >= 15 is 0 Å². The molecular weight excluding hydrogens is 455 g/mol. The second kappa shape index (κ2) is 8.19. The average Bonchev–Trinajstić information content (AvgIpc) is 2.87. The molecule has 0 saturated carbocycles. The number of nitrogens with one attached hydrogen (secondary N) is 1. The molecule has 0 aromatic heterocycles. The van der Waals surface area contributed by atoms with Crippen molar-refractivity contribution >= 4 is 23.2 Å². The SMILES string of the molecule is O=C1CC(C(=O)Nc2ccc3c(c2)OCCO3)(c2ccc(F)cc2)N1c1ccc2c(c1)OCCO2. The van der Waals surface area contributed by atoms with Crippen molar-refractivity contribution < 1.29 is 32.9 Å². The van der Waals surface area contributed by atoms with Gasteiger partial charge in [-0.3, -0.25) is 14.5 Å². The van der Waals surface area contributed by atoms with Crippen LogP contribution in [0.2, 0.25) is 0 Å². The second-order valence-corrected chi connectivity index (χ2v) is 8.41. The standard InChI is InChI=1S/C26H21FN2O6/c27-17-3-1-16(2-4-17)26(25(31)28-18-5-7-20-22(13-18)34-11-9-32-20)15-24(30)29(26)19-6-8-21-23(14-19)35-12-10-33-21/h1-8,13-14H,9-12,15H2,(H,28,31). The smallest absolute Gasteiger partial charge is 0.255 e. The number of benzene rings is 3. The van der Waals surface area contributed by atoms with Crippen LogP contribution in [0, 0.1) is 5.82 Å². The maximum Gasteiger partial charge on any atom is 0.255 e. The number of hydrogen-bond acceptors (Lipinski definition) is 6. The molecule has 3 heterocycles. The van der Waals surface area contributed by atoms with Crippen molar-refractivity contribution in [1.29, 1.82) is 0 Å². The zero-order valence-corrected chi connectivity index (χ0v) is 18.6. The third kappa shape index (κ3) is 3.51. The van der Waals surface area contributed by atoms with Gasteiger partial charge in [-0.25, -0.2) is 4.39 Å². The molecule has 3 aromatic carbocycles. The number of β-lactam (4-membered cyclic amide) rings is 1. The van der Waals surface area contributed by atoms with Gasteiger partial charge in [0, 0.05) is 23.5 Å². The minimum absolute atomic E-state index is 0.0799. The van der Waals surface area contributed by atoms with Crippen LogP contribution in [-0.2, 0) is 15.1 Å². The highest BCUT2D eigenvalue weighted by atomic mass is 19.1. The van der Waals surface area contributed by atoms with E-state index in [1.165, 1.54) is 29.2 Å². The molecule has 35 heavy (non-hydrogen) atoms. The van der Waals surface area contributed by atoms with Gasteiger partial charge >= 0.3 is 0 Å². The van der Waals surface area contributed by atoms with Crippen molar-refractivity contribution in [3.8, 4) is 23.0 Å². The van der Waals surface area contributed by atoms with Crippen LogP contribution in [0.25, 0.3) is 0 Å². The summed E-state index contributed by atoms with van der Waals surface area (Å²) < 4.78 is 36.2. The van der Waals surface area contributed by atoms with Crippen LogP contribution >= 0.6 is 0 Å². The number of nitrogens with zero attached hydrogens (tertiary/aromatic N) is 1. The Bertz CT molecular complexity index is 1330. The topological polar surface area (TPSA) is 86.3 Å². The predicted octanol–water partition coefficient (Wildman–Crippen LogP) is 3.64. The number of carbonyl (C=O) groups is 2. The molecule has 8 nitrogen and oxygen atoms in total. The van der Waals surface area contributed by atoms with E-state index in [4.69, 9.17) is 18.9 Å². The van der Waals surface area contributed by atoms with Crippen molar-refractivity contribution in [2.75, 3.05) is 36.6 Å². The predicted molar refractivity (Wildman–Crippen MR) is 124 cm³/mol. The van der Waals surface area contributed by atoms with Gasteiger partial charge in [0.2, 0.25) is 5.91 Å². The van der Waals surface area contributed by atoms with E-state index in [1.54, 1.807) is 36.4 Å². The van der Waals surface area contributed by atoms with Crippen LogP contribution in [0.4, 0.5) is 15.8 Å². The Morgan fingerprint density at radius 1 is 0.800 bits per heavy atom. The van der Waals surface area contributed by atoms with Gasteiger partial charge in [-0.1, -0.05) is 12.1 Å². The summed E-state index contributed by atoms with van der Waals surface area (Å²) in [5.74, 6) is 1.07. The van der Waals surface area contributed by atoms with Crippen molar-refractivity contribution in [3.05, 3.63) is 72.0 Å². The fourth-order valence-electron chi connectivity index (χ4n) is 4.66. The van der Waals surface area contributed by atoms with Gasteiger partial charge in [-0.2, -0.15) is 0 Å². The first-order valence-electron chi connectivity index (χ1n) is 11.2. The molecule has 0 aliphatic carbocycles. The fraction of sp³-hybridized carbons (Fsp3) is 0.231. The summed E-state index contributed by atoms with van der Waals surface area (Å²) in [6, 6.07) is 15.8. The van der Waals surface area contributed by atoms with Gasteiger partial charge < -0.3 is 24.3 Å². The van der Waals surface area contributed by atoms with E-state index in [9.17, 15) is 14.0 Å². The maximum absolute atomic E-state index is 13.9. The van der Waals surface area contributed by atoms with E-state index in [1.807, 2.05) is 0 Å². The molecule has 3 aliphatic heterocycles. The molecule has 6 rings (SSSR count). The first-order valence-corrected chi connectivity index (χ1v) is 11.2. The van der Waals surface area contributed by atoms with Crippen LogP contribution in [-0.4, -0.2) is 38.2 Å². The first-order chi connectivity index (χ1) is 17.0. The second-order valence-electron chi connectivity index (χ2n) is 8.41. The van der Waals surface area contributed by atoms with Crippen molar-refractivity contribution in [2.24, 2.45) is 0 Å². The molecule has 2 amide bonds. The Kier molecular flexibility index (Phi) is 4.98. The monoisotopic (exact) mass is 476 g/mol. The number of ether oxygens (including phenoxy) is 4. The van der Waals surface area contributed by atoms with Gasteiger partial charge in [0.1, 0.15) is 32.2 Å². The van der Waals surface area contributed by atoms with Crippen LogP contribution in [0.5, 0.6) is 23.0 Å². The lowest BCUT2D eigenvalue weighted by molar-refractivity contribution is -0.137. The van der Waals surface area contributed by atoms with E-state index in [2.05, 4.69) is 5.32 Å². The van der Waals surface area contributed by atoms with Gasteiger partial charge in [0.25, 0.3) is 5.91 Å². The number of carbonyl (C=O) groups excluding carboxylic acids is 2. The fourth-order valence-corrected chi connectivity index (χ4v) is 4.66. The number of fused-ring (bicyclic) bond motifs is 2. The summed E-state index contributed by atoms with van der Waals surface area (Å²) in [7, 11) is 0. The Morgan fingerprint density at radius 2 is 1.40 bits per heavy atom. The minimum Gasteiger partial charge on any atom is -0.486 e. The molecular formula is C26H21FN2O6. The number of halogens is 1. The van der Waals surface area contributed by atoms with Gasteiger partial charge in [0.15, 0.2) is 28.5 Å². The molecule has 3 aliphatic rings. The lowest BCUT2D eigenvalue weighted by Crippen LogP contribution is -2.67.